The van der Waals surface area contributed by atoms with E-state index in [4.69, 9.17) is 4.74 Å². The molecule has 3 nitrogen and oxygen atoms in total. The molecule has 1 aromatic carbocycles. The largest absolute Gasteiger partial charge is 0.573 e. The lowest BCUT2D eigenvalue weighted by atomic mass is 9.95. The van der Waals surface area contributed by atoms with Crippen molar-refractivity contribution < 1.29 is 27.8 Å². The zero-order valence-corrected chi connectivity index (χ0v) is 10.8. The van der Waals surface area contributed by atoms with Gasteiger partial charge in [-0.3, -0.25) is 0 Å². The number of rotatable bonds is 6. The Morgan fingerprint density at radius 3 is 2.58 bits per heavy atom. The van der Waals surface area contributed by atoms with Gasteiger partial charge in [0.15, 0.2) is 0 Å². The van der Waals surface area contributed by atoms with Crippen LogP contribution < -0.4 is 4.74 Å². The smallest absolute Gasteiger partial charge is 0.406 e. The molecular weight excluding hydrogens is 261 g/mol. The minimum Gasteiger partial charge on any atom is -0.406 e. The number of alkyl halides is 3. The normalized spacial score (nSPS) is 15.1. The zero-order chi connectivity index (χ0) is 14.5. The number of aliphatic hydroxyl groups excluding tert-OH is 1. The molecule has 0 aliphatic rings. The summed E-state index contributed by atoms with van der Waals surface area (Å²) in [6.07, 6.45) is -4.97. The number of halogens is 3. The predicted octanol–water partition coefficient (Wildman–Crippen LogP) is 3.29. The van der Waals surface area contributed by atoms with Crippen molar-refractivity contribution in [2.75, 3.05) is 13.7 Å². The summed E-state index contributed by atoms with van der Waals surface area (Å²) in [6.45, 7) is 2.29. The molecule has 0 saturated carbocycles. The molecule has 0 aliphatic heterocycles. The maximum atomic E-state index is 12.1. The van der Waals surface area contributed by atoms with Crippen LogP contribution in [0.4, 0.5) is 13.2 Å². The molecule has 19 heavy (non-hydrogen) atoms. The first-order valence-corrected chi connectivity index (χ1v) is 5.86. The molecule has 0 aromatic heterocycles. The fourth-order valence-electron chi connectivity index (χ4n) is 1.69. The van der Waals surface area contributed by atoms with E-state index in [1.807, 2.05) is 0 Å². The molecule has 108 valence electrons. The summed E-state index contributed by atoms with van der Waals surface area (Å²) in [5.41, 5.74) is 0.394. The molecule has 1 N–H and O–H groups in total. The van der Waals surface area contributed by atoms with Crippen molar-refractivity contribution >= 4 is 0 Å². The van der Waals surface area contributed by atoms with Gasteiger partial charge in [0, 0.05) is 13.7 Å². The van der Waals surface area contributed by atoms with Crippen LogP contribution in [0.2, 0.25) is 0 Å². The van der Waals surface area contributed by atoms with Crippen molar-refractivity contribution in [3.8, 4) is 5.75 Å². The Morgan fingerprint density at radius 2 is 2.00 bits per heavy atom. The third-order valence-electron chi connectivity index (χ3n) is 2.75. The number of hydrogen-bond donors (Lipinski definition) is 1. The standard InChI is InChI=1S/C13H17F3O3/c1-9(6-7-18-2)12(17)10-4-3-5-11(8-10)19-13(14,15)16/h3-5,8-9,12,17H,6-7H2,1-2H3. The molecule has 0 bridgehead atoms. The van der Waals surface area contributed by atoms with E-state index in [9.17, 15) is 18.3 Å². The molecule has 0 spiro atoms. The van der Waals surface area contributed by atoms with Crippen LogP contribution in [0, 0.1) is 5.92 Å². The first kappa shape index (κ1) is 15.8. The lowest BCUT2D eigenvalue weighted by molar-refractivity contribution is -0.274. The quantitative estimate of drug-likeness (QED) is 0.867. The van der Waals surface area contributed by atoms with E-state index in [2.05, 4.69) is 4.74 Å². The van der Waals surface area contributed by atoms with Crippen LogP contribution in [-0.2, 0) is 4.74 Å². The highest BCUT2D eigenvalue weighted by Crippen LogP contribution is 2.29. The van der Waals surface area contributed by atoms with E-state index in [1.165, 1.54) is 18.2 Å². The van der Waals surface area contributed by atoms with Gasteiger partial charge in [-0.25, -0.2) is 0 Å². The fourth-order valence-corrected chi connectivity index (χ4v) is 1.69. The molecule has 2 atom stereocenters. The second-order valence-corrected chi connectivity index (χ2v) is 4.32. The molecule has 0 fully saturated rings. The number of methoxy groups -OCH3 is 1. The maximum Gasteiger partial charge on any atom is 0.573 e. The van der Waals surface area contributed by atoms with Gasteiger partial charge in [0.2, 0.25) is 0 Å². The van der Waals surface area contributed by atoms with E-state index in [-0.39, 0.29) is 11.7 Å². The van der Waals surface area contributed by atoms with Gasteiger partial charge in [0.05, 0.1) is 6.10 Å². The van der Waals surface area contributed by atoms with Crippen molar-refractivity contribution in [3.05, 3.63) is 29.8 Å². The molecular formula is C13H17F3O3. The molecule has 1 aromatic rings. The molecule has 6 heteroatoms. The summed E-state index contributed by atoms with van der Waals surface area (Å²) in [5, 5.41) is 10.0. The van der Waals surface area contributed by atoms with E-state index >= 15 is 0 Å². The Kier molecular flexibility index (Phi) is 5.62. The van der Waals surface area contributed by atoms with Crippen LogP contribution in [0.1, 0.15) is 25.0 Å². The average molecular weight is 278 g/mol. The first-order chi connectivity index (χ1) is 8.83. The van der Waals surface area contributed by atoms with Crippen LogP contribution in [0.5, 0.6) is 5.75 Å². The Labute approximate surface area is 110 Å². The van der Waals surface area contributed by atoms with Gasteiger partial charge < -0.3 is 14.6 Å². The Hall–Kier alpha value is -1.27. The summed E-state index contributed by atoms with van der Waals surface area (Å²) in [6, 6.07) is 5.38. The van der Waals surface area contributed by atoms with E-state index in [0.717, 1.165) is 0 Å². The lowest BCUT2D eigenvalue weighted by Gasteiger charge is -2.19. The third kappa shape index (κ3) is 5.48. The highest BCUT2D eigenvalue weighted by Gasteiger charge is 2.31. The number of hydrogen-bond acceptors (Lipinski definition) is 3. The molecule has 0 aliphatic carbocycles. The second kappa shape index (κ2) is 6.77. The monoisotopic (exact) mass is 278 g/mol. The summed E-state index contributed by atoms with van der Waals surface area (Å²) in [5.74, 6) is -0.455. The third-order valence-corrected chi connectivity index (χ3v) is 2.75. The zero-order valence-electron chi connectivity index (χ0n) is 10.8. The summed E-state index contributed by atoms with van der Waals surface area (Å²) in [4.78, 5) is 0. The second-order valence-electron chi connectivity index (χ2n) is 4.32. The summed E-state index contributed by atoms with van der Waals surface area (Å²) in [7, 11) is 1.55. The van der Waals surface area contributed by atoms with Crippen LogP contribution in [0.25, 0.3) is 0 Å². The molecule has 0 amide bonds. The maximum absolute atomic E-state index is 12.1. The number of aliphatic hydroxyl groups is 1. The minimum absolute atomic E-state index is 0.124. The molecule has 2 unspecified atom stereocenters. The van der Waals surface area contributed by atoms with Crippen LogP contribution >= 0.6 is 0 Å². The Bertz CT molecular complexity index is 393. The highest BCUT2D eigenvalue weighted by molar-refractivity contribution is 5.30. The van der Waals surface area contributed by atoms with Crippen LogP contribution in [-0.4, -0.2) is 25.2 Å². The number of ether oxygens (including phenoxy) is 2. The minimum atomic E-state index is -4.73. The topological polar surface area (TPSA) is 38.7 Å². The van der Waals surface area contributed by atoms with Gasteiger partial charge in [0.1, 0.15) is 5.75 Å². The molecule has 0 saturated heterocycles. The lowest BCUT2D eigenvalue weighted by Crippen LogP contribution is -2.17. The Morgan fingerprint density at radius 1 is 1.32 bits per heavy atom. The van der Waals surface area contributed by atoms with E-state index < -0.39 is 12.5 Å². The SMILES string of the molecule is COCCC(C)C(O)c1cccc(OC(F)(F)F)c1. The molecule has 0 heterocycles. The summed E-state index contributed by atoms with van der Waals surface area (Å²) < 4.78 is 45.0. The van der Waals surface area contributed by atoms with Crippen LogP contribution in [0.3, 0.4) is 0 Å². The van der Waals surface area contributed by atoms with Gasteiger partial charge in [-0.15, -0.1) is 13.2 Å². The van der Waals surface area contributed by atoms with Crippen LogP contribution in [0.15, 0.2) is 24.3 Å². The van der Waals surface area contributed by atoms with Gasteiger partial charge >= 0.3 is 6.36 Å². The van der Waals surface area contributed by atoms with Gasteiger partial charge in [-0.2, -0.15) is 0 Å². The van der Waals surface area contributed by atoms with Gasteiger partial charge in [-0.1, -0.05) is 19.1 Å². The average Bonchev–Trinajstić information content (AvgIpc) is 2.33. The first-order valence-electron chi connectivity index (χ1n) is 5.86. The van der Waals surface area contributed by atoms with Crippen molar-refractivity contribution in [1.82, 2.24) is 0 Å². The van der Waals surface area contributed by atoms with Crippen molar-refractivity contribution in [2.24, 2.45) is 5.92 Å². The van der Waals surface area contributed by atoms with Crippen molar-refractivity contribution in [2.45, 2.75) is 25.8 Å². The van der Waals surface area contributed by atoms with E-state index in [1.54, 1.807) is 20.1 Å². The highest BCUT2D eigenvalue weighted by atomic mass is 19.4. The number of benzene rings is 1. The molecule has 1 rings (SSSR count). The van der Waals surface area contributed by atoms with Gasteiger partial charge in [0.25, 0.3) is 0 Å². The Balaban J connectivity index is 2.75. The van der Waals surface area contributed by atoms with Crippen molar-refractivity contribution in [1.29, 1.82) is 0 Å². The predicted molar refractivity (Wildman–Crippen MR) is 63.7 cm³/mol. The van der Waals surface area contributed by atoms with Gasteiger partial charge in [-0.05, 0) is 30.0 Å². The van der Waals surface area contributed by atoms with E-state index in [0.29, 0.717) is 18.6 Å². The summed E-state index contributed by atoms with van der Waals surface area (Å²) >= 11 is 0. The molecule has 0 radical (unpaired) electrons. The fraction of sp³-hybridized carbons (Fsp3) is 0.538. The van der Waals surface area contributed by atoms with Crippen molar-refractivity contribution in [3.63, 3.8) is 0 Å².